The number of halogens is 2. The van der Waals surface area contributed by atoms with E-state index >= 15 is 0 Å². The fraction of sp³-hybridized carbons (Fsp3) is 0.143. The van der Waals surface area contributed by atoms with Crippen LogP contribution in [0.4, 0.5) is 14.5 Å². The van der Waals surface area contributed by atoms with Crippen molar-refractivity contribution in [3.63, 3.8) is 0 Å². The summed E-state index contributed by atoms with van der Waals surface area (Å²) in [5.74, 6) is -1.20. The third kappa shape index (κ3) is 3.09. The van der Waals surface area contributed by atoms with E-state index in [0.717, 1.165) is 18.2 Å². The van der Waals surface area contributed by atoms with E-state index < -0.39 is 16.6 Å². The molecule has 2 aromatic carbocycles. The van der Waals surface area contributed by atoms with E-state index in [0.29, 0.717) is 5.56 Å². The SMILES string of the molecule is Cc1ccc(OCc2cc(F)ccc2F)c([N+](=O)[O-])c1. The molecule has 0 unspecified atom stereocenters. The molecule has 20 heavy (non-hydrogen) atoms. The fourth-order valence-electron chi connectivity index (χ4n) is 1.70. The molecule has 4 nitrogen and oxygen atoms in total. The first kappa shape index (κ1) is 13.9. The Kier molecular flexibility index (Phi) is 3.93. The van der Waals surface area contributed by atoms with Crippen molar-refractivity contribution in [2.45, 2.75) is 13.5 Å². The highest BCUT2D eigenvalue weighted by Gasteiger charge is 2.16. The average molecular weight is 279 g/mol. The van der Waals surface area contributed by atoms with Crippen molar-refractivity contribution in [1.29, 1.82) is 0 Å². The van der Waals surface area contributed by atoms with Gasteiger partial charge in [0, 0.05) is 11.6 Å². The maximum Gasteiger partial charge on any atom is 0.311 e. The molecule has 0 aromatic heterocycles. The molecular weight excluding hydrogens is 268 g/mol. The summed E-state index contributed by atoms with van der Waals surface area (Å²) < 4.78 is 31.6. The summed E-state index contributed by atoms with van der Waals surface area (Å²) >= 11 is 0. The fourth-order valence-corrected chi connectivity index (χ4v) is 1.70. The summed E-state index contributed by atoms with van der Waals surface area (Å²) in [6.07, 6.45) is 0. The van der Waals surface area contributed by atoms with E-state index in [-0.39, 0.29) is 23.6 Å². The molecule has 0 bridgehead atoms. The van der Waals surface area contributed by atoms with Gasteiger partial charge in [-0.2, -0.15) is 0 Å². The number of hydrogen-bond donors (Lipinski definition) is 0. The second-order valence-electron chi connectivity index (χ2n) is 4.25. The van der Waals surface area contributed by atoms with Crippen molar-refractivity contribution in [2.24, 2.45) is 0 Å². The van der Waals surface area contributed by atoms with Crippen LogP contribution >= 0.6 is 0 Å². The molecule has 6 heteroatoms. The number of hydrogen-bond acceptors (Lipinski definition) is 3. The van der Waals surface area contributed by atoms with Crippen LogP contribution < -0.4 is 4.74 Å². The van der Waals surface area contributed by atoms with E-state index in [2.05, 4.69) is 0 Å². The smallest absolute Gasteiger partial charge is 0.311 e. The summed E-state index contributed by atoms with van der Waals surface area (Å²) in [5.41, 5.74) is 0.502. The minimum absolute atomic E-state index is 0.000118. The number of nitrogens with zero attached hydrogens (tertiary/aromatic N) is 1. The first-order valence-electron chi connectivity index (χ1n) is 5.79. The van der Waals surface area contributed by atoms with Gasteiger partial charge in [0.1, 0.15) is 18.2 Å². The molecule has 0 radical (unpaired) electrons. The van der Waals surface area contributed by atoms with Crippen molar-refractivity contribution in [3.05, 3.63) is 69.3 Å². The van der Waals surface area contributed by atoms with Crippen LogP contribution in [-0.2, 0) is 6.61 Å². The van der Waals surface area contributed by atoms with Crippen LogP contribution in [-0.4, -0.2) is 4.92 Å². The van der Waals surface area contributed by atoms with Gasteiger partial charge in [-0.05, 0) is 36.8 Å². The number of ether oxygens (including phenoxy) is 1. The van der Waals surface area contributed by atoms with Gasteiger partial charge in [0.2, 0.25) is 0 Å². The molecule has 0 aliphatic heterocycles. The third-order valence-corrected chi connectivity index (χ3v) is 2.70. The highest BCUT2D eigenvalue weighted by Crippen LogP contribution is 2.28. The lowest BCUT2D eigenvalue weighted by atomic mass is 10.2. The first-order chi connectivity index (χ1) is 9.47. The van der Waals surface area contributed by atoms with E-state index in [4.69, 9.17) is 4.74 Å². The van der Waals surface area contributed by atoms with Crippen molar-refractivity contribution in [3.8, 4) is 5.75 Å². The van der Waals surface area contributed by atoms with Gasteiger partial charge < -0.3 is 4.74 Å². The Morgan fingerprint density at radius 1 is 1.20 bits per heavy atom. The summed E-state index contributed by atoms with van der Waals surface area (Å²) in [5, 5.41) is 10.9. The summed E-state index contributed by atoms with van der Waals surface area (Å²) in [6.45, 7) is 1.43. The maximum atomic E-state index is 13.4. The van der Waals surface area contributed by atoms with Crippen LogP contribution in [0.15, 0.2) is 36.4 Å². The topological polar surface area (TPSA) is 52.4 Å². The van der Waals surface area contributed by atoms with Crippen LogP contribution in [0.1, 0.15) is 11.1 Å². The normalized spacial score (nSPS) is 10.3. The van der Waals surface area contributed by atoms with Gasteiger partial charge in [0.15, 0.2) is 5.75 Å². The molecule has 0 amide bonds. The highest BCUT2D eigenvalue weighted by molar-refractivity contribution is 5.48. The molecule has 104 valence electrons. The van der Waals surface area contributed by atoms with Crippen molar-refractivity contribution in [1.82, 2.24) is 0 Å². The zero-order valence-corrected chi connectivity index (χ0v) is 10.6. The van der Waals surface area contributed by atoms with E-state index in [9.17, 15) is 18.9 Å². The summed E-state index contributed by atoms with van der Waals surface area (Å²) in [4.78, 5) is 10.3. The van der Waals surface area contributed by atoms with Crippen molar-refractivity contribution < 1.29 is 18.4 Å². The average Bonchev–Trinajstić information content (AvgIpc) is 2.40. The monoisotopic (exact) mass is 279 g/mol. The Balaban J connectivity index is 2.23. The molecule has 0 atom stereocenters. The molecule has 0 aliphatic carbocycles. The van der Waals surface area contributed by atoms with Gasteiger partial charge in [-0.25, -0.2) is 8.78 Å². The maximum absolute atomic E-state index is 13.4. The number of nitro benzene ring substituents is 1. The Morgan fingerprint density at radius 3 is 2.65 bits per heavy atom. The molecule has 2 aromatic rings. The molecule has 0 heterocycles. The van der Waals surface area contributed by atoms with Crippen molar-refractivity contribution in [2.75, 3.05) is 0 Å². The van der Waals surface area contributed by atoms with E-state index in [1.54, 1.807) is 13.0 Å². The number of aryl methyl sites for hydroxylation is 1. The summed E-state index contributed by atoms with van der Waals surface area (Å²) in [6, 6.07) is 7.41. The molecule has 0 N–H and O–H groups in total. The lowest BCUT2D eigenvalue weighted by Crippen LogP contribution is -2.02. The van der Waals surface area contributed by atoms with Gasteiger partial charge in [-0.15, -0.1) is 0 Å². The van der Waals surface area contributed by atoms with E-state index in [1.807, 2.05) is 0 Å². The largest absolute Gasteiger partial charge is 0.482 e. The molecule has 2 rings (SSSR count). The van der Waals surface area contributed by atoms with Gasteiger partial charge in [-0.3, -0.25) is 10.1 Å². The minimum Gasteiger partial charge on any atom is -0.482 e. The molecular formula is C14H11F2NO3. The lowest BCUT2D eigenvalue weighted by Gasteiger charge is -2.08. The number of rotatable bonds is 4. The second-order valence-corrected chi connectivity index (χ2v) is 4.25. The number of nitro groups is 1. The standard InChI is InChI=1S/C14H11F2NO3/c1-9-2-5-14(13(6-9)17(18)19)20-8-10-7-11(15)3-4-12(10)16/h2-7H,8H2,1H3. The van der Waals surface area contributed by atoms with Gasteiger partial charge >= 0.3 is 5.69 Å². The van der Waals surface area contributed by atoms with Crippen LogP contribution in [0.25, 0.3) is 0 Å². The van der Waals surface area contributed by atoms with Crippen molar-refractivity contribution >= 4 is 5.69 Å². The Morgan fingerprint density at radius 2 is 1.95 bits per heavy atom. The quantitative estimate of drug-likeness (QED) is 0.632. The second kappa shape index (κ2) is 5.64. The zero-order chi connectivity index (χ0) is 14.7. The number of benzene rings is 2. The highest BCUT2D eigenvalue weighted by atomic mass is 19.1. The molecule has 0 saturated carbocycles. The molecule has 0 saturated heterocycles. The van der Waals surface area contributed by atoms with Gasteiger partial charge in [0.05, 0.1) is 4.92 Å². The van der Waals surface area contributed by atoms with Crippen LogP contribution in [0.3, 0.4) is 0 Å². The Bertz CT molecular complexity index is 659. The summed E-state index contributed by atoms with van der Waals surface area (Å²) in [7, 11) is 0. The predicted molar refractivity (Wildman–Crippen MR) is 68.5 cm³/mol. The first-order valence-corrected chi connectivity index (χ1v) is 5.79. The third-order valence-electron chi connectivity index (χ3n) is 2.70. The van der Waals surface area contributed by atoms with Gasteiger partial charge in [0.25, 0.3) is 0 Å². The van der Waals surface area contributed by atoms with E-state index in [1.165, 1.54) is 12.1 Å². The lowest BCUT2D eigenvalue weighted by molar-refractivity contribution is -0.386. The van der Waals surface area contributed by atoms with Crippen LogP contribution in [0, 0.1) is 28.7 Å². The predicted octanol–water partition coefficient (Wildman–Crippen LogP) is 3.76. The zero-order valence-electron chi connectivity index (χ0n) is 10.6. The molecule has 0 aliphatic rings. The minimum atomic E-state index is -0.624. The molecule has 0 spiro atoms. The Hall–Kier alpha value is -2.50. The van der Waals surface area contributed by atoms with Crippen LogP contribution in [0.2, 0.25) is 0 Å². The van der Waals surface area contributed by atoms with Gasteiger partial charge in [-0.1, -0.05) is 6.07 Å². The van der Waals surface area contributed by atoms with Crippen LogP contribution in [0.5, 0.6) is 5.75 Å². The molecule has 0 fully saturated rings. The Labute approximate surface area is 113 Å².